The van der Waals surface area contributed by atoms with Gasteiger partial charge < -0.3 is 16.4 Å². The Morgan fingerprint density at radius 2 is 1.36 bits per heavy atom. The van der Waals surface area contributed by atoms with Crippen molar-refractivity contribution in [3.8, 4) is 11.1 Å². The van der Waals surface area contributed by atoms with Crippen LogP contribution in [-0.4, -0.2) is 30.3 Å². The first kappa shape index (κ1) is 23.7. The Balaban J connectivity index is 1.57. The standard InChI is InChI=1S/C27H29N3O3/c1-2-3-7-19-10-12-23(13-11-19)27(33)30-24(25(28)31)18-29-26(32)22-16-14-21(15-17-22)20-8-5-4-6-9-20/h4-6,8-17,24H,2-3,7,18H2,1H3,(H2,28,31)(H,29,32)(H,30,33)/t24-/m0/s1. The first-order valence-corrected chi connectivity index (χ1v) is 11.1. The molecule has 0 aliphatic heterocycles. The van der Waals surface area contributed by atoms with E-state index >= 15 is 0 Å². The molecule has 0 aliphatic carbocycles. The third kappa shape index (κ3) is 6.77. The van der Waals surface area contributed by atoms with Gasteiger partial charge in [-0.1, -0.05) is 67.9 Å². The number of nitrogens with two attached hydrogens (primary N) is 1. The van der Waals surface area contributed by atoms with Crippen LogP contribution in [0.25, 0.3) is 11.1 Å². The van der Waals surface area contributed by atoms with Crippen LogP contribution in [0.5, 0.6) is 0 Å². The molecular formula is C27H29N3O3. The van der Waals surface area contributed by atoms with Gasteiger partial charge in [0.2, 0.25) is 5.91 Å². The van der Waals surface area contributed by atoms with Gasteiger partial charge in [-0.15, -0.1) is 0 Å². The summed E-state index contributed by atoms with van der Waals surface area (Å²) in [5.74, 6) is -1.49. The number of carbonyl (C=O) groups excluding carboxylic acids is 3. The molecule has 0 unspecified atom stereocenters. The third-order valence-electron chi connectivity index (χ3n) is 5.40. The molecule has 0 saturated heterocycles. The van der Waals surface area contributed by atoms with Crippen LogP contribution in [0.15, 0.2) is 78.9 Å². The lowest BCUT2D eigenvalue weighted by molar-refractivity contribution is -0.119. The zero-order valence-corrected chi connectivity index (χ0v) is 18.7. The Morgan fingerprint density at radius 3 is 1.97 bits per heavy atom. The van der Waals surface area contributed by atoms with Crippen molar-refractivity contribution in [2.75, 3.05) is 6.54 Å². The van der Waals surface area contributed by atoms with Crippen LogP contribution in [0, 0.1) is 0 Å². The Kier molecular flexibility index (Phi) is 8.36. The van der Waals surface area contributed by atoms with Crippen LogP contribution in [0.3, 0.4) is 0 Å². The fourth-order valence-electron chi connectivity index (χ4n) is 3.41. The first-order valence-electron chi connectivity index (χ1n) is 11.1. The van der Waals surface area contributed by atoms with Crippen molar-refractivity contribution >= 4 is 17.7 Å². The van der Waals surface area contributed by atoms with Gasteiger partial charge in [-0.05, 0) is 53.8 Å². The highest BCUT2D eigenvalue weighted by atomic mass is 16.2. The van der Waals surface area contributed by atoms with Crippen LogP contribution in [-0.2, 0) is 11.2 Å². The molecule has 0 spiro atoms. The van der Waals surface area contributed by atoms with Crippen molar-refractivity contribution in [2.24, 2.45) is 5.73 Å². The number of benzene rings is 3. The van der Waals surface area contributed by atoms with Crippen LogP contribution >= 0.6 is 0 Å². The van der Waals surface area contributed by atoms with Gasteiger partial charge in [-0.25, -0.2) is 0 Å². The van der Waals surface area contributed by atoms with E-state index in [4.69, 9.17) is 5.73 Å². The van der Waals surface area contributed by atoms with Crippen molar-refractivity contribution in [1.29, 1.82) is 0 Å². The SMILES string of the molecule is CCCCc1ccc(C(=O)N[C@@H](CNC(=O)c2ccc(-c3ccccc3)cc2)C(N)=O)cc1. The smallest absolute Gasteiger partial charge is 0.251 e. The van der Waals surface area contributed by atoms with E-state index in [1.54, 1.807) is 24.3 Å². The summed E-state index contributed by atoms with van der Waals surface area (Å²) >= 11 is 0. The zero-order valence-electron chi connectivity index (χ0n) is 18.7. The molecule has 0 aromatic heterocycles. The Hall–Kier alpha value is -3.93. The molecule has 0 aliphatic rings. The molecular weight excluding hydrogens is 414 g/mol. The van der Waals surface area contributed by atoms with E-state index < -0.39 is 17.9 Å². The maximum Gasteiger partial charge on any atom is 0.251 e. The minimum absolute atomic E-state index is 0.102. The molecule has 4 N–H and O–H groups in total. The number of rotatable bonds is 10. The number of aryl methyl sites for hydroxylation is 1. The molecule has 3 amide bonds. The predicted octanol–water partition coefficient (Wildman–Crippen LogP) is 3.71. The summed E-state index contributed by atoms with van der Waals surface area (Å²) in [6, 6.07) is 23.2. The second-order valence-corrected chi connectivity index (χ2v) is 7.88. The molecule has 33 heavy (non-hydrogen) atoms. The molecule has 6 heteroatoms. The maximum absolute atomic E-state index is 12.5. The second kappa shape index (κ2) is 11.6. The Bertz CT molecular complexity index is 1080. The Labute approximate surface area is 194 Å². The fraction of sp³-hybridized carbons (Fsp3) is 0.222. The van der Waals surface area contributed by atoms with Gasteiger partial charge in [0, 0.05) is 17.7 Å². The Morgan fingerprint density at radius 1 is 0.788 bits per heavy atom. The topological polar surface area (TPSA) is 101 Å². The molecule has 0 heterocycles. The van der Waals surface area contributed by atoms with Crippen LogP contribution in [0.4, 0.5) is 0 Å². The summed E-state index contributed by atoms with van der Waals surface area (Å²) in [4.78, 5) is 36.9. The van der Waals surface area contributed by atoms with Gasteiger partial charge in [0.05, 0.1) is 0 Å². The van der Waals surface area contributed by atoms with E-state index in [0.29, 0.717) is 11.1 Å². The number of amides is 3. The first-order chi connectivity index (χ1) is 16.0. The molecule has 1 atom stereocenters. The predicted molar refractivity (Wildman–Crippen MR) is 130 cm³/mol. The lowest BCUT2D eigenvalue weighted by Crippen LogP contribution is -2.51. The summed E-state index contributed by atoms with van der Waals surface area (Å²) in [6.07, 6.45) is 3.15. The van der Waals surface area contributed by atoms with Gasteiger partial charge in [0.25, 0.3) is 11.8 Å². The summed E-state index contributed by atoms with van der Waals surface area (Å²) in [5, 5.41) is 5.28. The molecule has 3 aromatic rings. The van der Waals surface area contributed by atoms with Crippen molar-refractivity contribution in [2.45, 2.75) is 32.2 Å². The largest absolute Gasteiger partial charge is 0.368 e. The van der Waals surface area contributed by atoms with E-state index in [2.05, 4.69) is 17.6 Å². The average Bonchev–Trinajstić information content (AvgIpc) is 2.85. The lowest BCUT2D eigenvalue weighted by atomic mass is 10.0. The zero-order chi connectivity index (χ0) is 23.6. The maximum atomic E-state index is 12.5. The minimum atomic E-state index is -1.02. The quantitative estimate of drug-likeness (QED) is 0.445. The van der Waals surface area contributed by atoms with Crippen molar-refractivity contribution in [3.05, 3.63) is 95.6 Å². The normalized spacial score (nSPS) is 11.4. The van der Waals surface area contributed by atoms with E-state index in [9.17, 15) is 14.4 Å². The molecule has 0 radical (unpaired) electrons. The van der Waals surface area contributed by atoms with Crippen LogP contribution in [0.2, 0.25) is 0 Å². The number of unbranched alkanes of at least 4 members (excludes halogenated alkanes) is 1. The minimum Gasteiger partial charge on any atom is -0.368 e. The highest BCUT2D eigenvalue weighted by Gasteiger charge is 2.20. The van der Waals surface area contributed by atoms with Gasteiger partial charge in [0.15, 0.2) is 0 Å². The number of carbonyl (C=O) groups is 3. The van der Waals surface area contributed by atoms with E-state index in [1.807, 2.05) is 54.6 Å². The number of hydrogen-bond acceptors (Lipinski definition) is 3. The molecule has 6 nitrogen and oxygen atoms in total. The number of primary amides is 1. The summed E-state index contributed by atoms with van der Waals surface area (Å²) in [6.45, 7) is 2.03. The summed E-state index contributed by atoms with van der Waals surface area (Å²) < 4.78 is 0. The molecule has 0 bridgehead atoms. The van der Waals surface area contributed by atoms with Crippen molar-refractivity contribution in [1.82, 2.24) is 10.6 Å². The van der Waals surface area contributed by atoms with Crippen molar-refractivity contribution < 1.29 is 14.4 Å². The molecule has 0 saturated carbocycles. The van der Waals surface area contributed by atoms with Gasteiger partial charge >= 0.3 is 0 Å². The molecule has 3 rings (SSSR count). The van der Waals surface area contributed by atoms with E-state index in [-0.39, 0.29) is 12.5 Å². The summed E-state index contributed by atoms with van der Waals surface area (Å²) in [5.41, 5.74) is 9.54. The monoisotopic (exact) mass is 443 g/mol. The average molecular weight is 444 g/mol. The summed E-state index contributed by atoms with van der Waals surface area (Å²) in [7, 11) is 0. The third-order valence-corrected chi connectivity index (χ3v) is 5.40. The highest BCUT2D eigenvalue weighted by Crippen LogP contribution is 2.19. The second-order valence-electron chi connectivity index (χ2n) is 7.88. The number of nitrogens with one attached hydrogen (secondary N) is 2. The lowest BCUT2D eigenvalue weighted by Gasteiger charge is -2.16. The van der Waals surface area contributed by atoms with Crippen LogP contribution in [0.1, 0.15) is 46.0 Å². The molecule has 0 fully saturated rings. The van der Waals surface area contributed by atoms with E-state index in [1.165, 1.54) is 0 Å². The molecule has 3 aromatic carbocycles. The fourth-order valence-corrected chi connectivity index (χ4v) is 3.41. The van der Waals surface area contributed by atoms with Gasteiger partial charge in [0.1, 0.15) is 6.04 Å². The van der Waals surface area contributed by atoms with Crippen molar-refractivity contribution in [3.63, 3.8) is 0 Å². The van der Waals surface area contributed by atoms with Gasteiger partial charge in [-0.2, -0.15) is 0 Å². The number of hydrogen-bond donors (Lipinski definition) is 3. The highest BCUT2D eigenvalue weighted by molar-refractivity contribution is 5.98. The molecule has 170 valence electrons. The van der Waals surface area contributed by atoms with E-state index in [0.717, 1.165) is 36.0 Å². The van der Waals surface area contributed by atoms with Gasteiger partial charge in [-0.3, -0.25) is 14.4 Å². The van der Waals surface area contributed by atoms with Crippen LogP contribution < -0.4 is 16.4 Å².